The lowest BCUT2D eigenvalue weighted by Crippen LogP contribution is -2.31. The lowest BCUT2D eigenvalue weighted by Gasteiger charge is -2.14. The third kappa shape index (κ3) is 2.79. The van der Waals surface area contributed by atoms with Crippen molar-refractivity contribution in [2.75, 3.05) is 0 Å². The van der Waals surface area contributed by atoms with Crippen LogP contribution in [0.15, 0.2) is 42.5 Å². The van der Waals surface area contributed by atoms with Crippen molar-refractivity contribution in [3.8, 4) is 0 Å². The topological polar surface area (TPSA) is 98.6 Å². The van der Waals surface area contributed by atoms with Crippen LogP contribution in [0.5, 0.6) is 0 Å². The molecule has 0 aliphatic rings. The van der Waals surface area contributed by atoms with Gasteiger partial charge in [-0.2, -0.15) is 0 Å². The molecule has 1 atom stereocenters. The van der Waals surface area contributed by atoms with E-state index in [4.69, 9.17) is 17.3 Å². The van der Waals surface area contributed by atoms with Gasteiger partial charge in [-0.1, -0.05) is 6.07 Å². The quantitative estimate of drug-likeness (QED) is 0.527. The summed E-state index contributed by atoms with van der Waals surface area (Å²) in [5.41, 5.74) is 13.7. The van der Waals surface area contributed by atoms with Gasteiger partial charge in [0, 0.05) is 30.3 Å². The van der Waals surface area contributed by atoms with Gasteiger partial charge in [-0.15, -0.1) is 0 Å². The van der Waals surface area contributed by atoms with Crippen molar-refractivity contribution >= 4 is 5.65 Å². The maximum Gasteiger partial charge on any atom is 0.137 e. The first-order valence-electron chi connectivity index (χ1n) is 5.73. The zero-order valence-electron chi connectivity index (χ0n) is 10.3. The predicted octanol–water partition coefficient (Wildman–Crippen LogP) is 0.157. The Balaban J connectivity index is 2.11. The number of nitrogens with zero attached hydrogens (tertiary/aromatic N) is 3. The summed E-state index contributed by atoms with van der Waals surface area (Å²) in [5, 5.41) is 1.49. The second-order valence-corrected chi connectivity index (χ2v) is 4.29. The van der Waals surface area contributed by atoms with E-state index in [2.05, 4.69) is 4.98 Å². The summed E-state index contributed by atoms with van der Waals surface area (Å²) >= 11 is 0. The van der Waals surface area contributed by atoms with Crippen LogP contribution >= 0.6 is 0 Å². The van der Waals surface area contributed by atoms with Gasteiger partial charge in [0.15, 0.2) is 0 Å². The number of fused-ring (bicyclic) bond motifs is 1. The molecule has 0 fully saturated rings. The highest BCUT2D eigenvalue weighted by atomic mass is 15.4. The third-order valence-electron chi connectivity index (χ3n) is 2.60. The smallest absolute Gasteiger partial charge is 0.137 e. The molecule has 0 aliphatic carbocycles. The minimum absolute atomic E-state index is 0.211. The fraction of sp³-hybridized carbons (Fsp3) is 0.250. The maximum atomic E-state index is 5.84. The molecule has 0 spiro atoms. The fourth-order valence-electron chi connectivity index (χ4n) is 1.61. The largest absolute Gasteiger partial charge is 0.400 e. The number of aromatic nitrogens is 2. The van der Waals surface area contributed by atoms with Gasteiger partial charge in [0.1, 0.15) is 5.65 Å². The number of imidazole rings is 1. The van der Waals surface area contributed by atoms with E-state index in [1.807, 2.05) is 41.9 Å². The molecule has 2 rings (SSSR count). The monoisotopic (exact) mass is 246 g/mol. The van der Waals surface area contributed by atoms with Crippen LogP contribution in [0.4, 0.5) is 0 Å². The first-order chi connectivity index (χ1) is 8.56. The standard InChI is InChI=1S/C12H18N6/c1-9(13)11(14)8-18(15)7-10-6-17-5-3-2-4-12(17)16-10/h2-6,8-9H,7,13-15H2,1H3/b11-8-. The minimum atomic E-state index is -0.211. The second-order valence-electron chi connectivity index (χ2n) is 4.29. The average Bonchev–Trinajstić information content (AvgIpc) is 2.70. The molecule has 6 N–H and O–H groups in total. The van der Waals surface area contributed by atoms with E-state index in [9.17, 15) is 0 Å². The van der Waals surface area contributed by atoms with Gasteiger partial charge in [-0.05, 0) is 19.1 Å². The molecule has 0 saturated carbocycles. The maximum absolute atomic E-state index is 5.84. The Labute approximate surface area is 106 Å². The molecule has 1 unspecified atom stereocenters. The summed E-state index contributed by atoms with van der Waals surface area (Å²) in [6, 6.07) is 5.63. The second kappa shape index (κ2) is 5.07. The summed E-state index contributed by atoms with van der Waals surface area (Å²) in [7, 11) is 0. The van der Waals surface area contributed by atoms with Gasteiger partial charge in [0.05, 0.1) is 12.2 Å². The Kier molecular flexibility index (Phi) is 3.50. The van der Waals surface area contributed by atoms with Crippen molar-refractivity contribution in [1.82, 2.24) is 14.4 Å². The lowest BCUT2D eigenvalue weighted by atomic mass is 10.3. The summed E-state index contributed by atoms with van der Waals surface area (Å²) < 4.78 is 1.95. The Morgan fingerprint density at radius 3 is 3.00 bits per heavy atom. The van der Waals surface area contributed by atoms with Gasteiger partial charge < -0.3 is 20.9 Å². The van der Waals surface area contributed by atoms with Crippen molar-refractivity contribution in [2.24, 2.45) is 17.3 Å². The first-order valence-corrected chi connectivity index (χ1v) is 5.73. The van der Waals surface area contributed by atoms with Crippen molar-refractivity contribution in [2.45, 2.75) is 19.5 Å². The number of hydrazine groups is 1. The third-order valence-corrected chi connectivity index (χ3v) is 2.60. The van der Waals surface area contributed by atoms with E-state index >= 15 is 0 Å². The van der Waals surface area contributed by atoms with Gasteiger partial charge in [-0.3, -0.25) is 0 Å². The van der Waals surface area contributed by atoms with Crippen LogP contribution in [-0.2, 0) is 6.54 Å². The number of nitrogens with two attached hydrogens (primary N) is 3. The van der Waals surface area contributed by atoms with Crippen molar-refractivity contribution < 1.29 is 0 Å². The van der Waals surface area contributed by atoms with E-state index in [0.717, 1.165) is 11.3 Å². The van der Waals surface area contributed by atoms with Crippen LogP contribution in [0, 0.1) is 0 Å². The molecule has 2 aromatic heterocycles. The van der Waals surface area contributed by atoms with Crippen LogP contribution in [-0.4, -0.2) is 20.4 Å². The molecule has 6 heteroatoms. The summed E-state index contributed by atoms with van der Waals surface area (Å²) in [4.78, 5) is 4.44. The summed E-state index contributed by atoms with van der Waals surface area (Å²) in [6.07, 6.45) is 5.51. The Morgan fingerprint density at radius 1 is 1.56 bits per heavy atom. The minimum Gasteiger partial charge on any atom is -0.400 e. The van der Waals surface area contributed by atoms with E-state index < -0.39 is 0 Å². The van der Waals surface area contributed by atoms with E-state index in [1.165, 1.54) is 5.01 Å². The van der Waals surface area contributed by atoms with Gasteiger partial charge in [-0.25, -0.2) is 10.8 Å². The van der Waals surface area contributed by atoms with Crippen LogP contribution < -0.4 is 17.3 Å². The Morgan fingerprint density at radius 2 is 2.33 bits per heavy atom. The van der Waals surface area contributed by atoms with E-state index in [0.29, 0.717) is 12.2 Å². The zero-order valence-corrected chi connectivity index (χ0v) is 10.3. The molecule has 0 aromatic carbocycles. The SMILES string of the molecule is CC(N)/C(N)=C/N(N)Cc1cn2ccccc2n1. The summed E-state index contributed by atoms with van der Waals surface area (Å²) in [5.74, 6) is 5.84. The van der Waals surface area contributed by atoms with Gasteiger partial charge in [0.25, 0.3) is 0 Å². The summed E-state index contributed by atoms with van der Waals surface area (Å²) in [6.45, 7) is 2.29. The highest BCUT2D eigenvalue weighted by Gasteiger charge is 2.05. The molecular weight excluding hydrogens is 228 g/mol. The molecule has 0 bridgehead atoms. The van der Waals surface area contributed by atoms with Crippen LogP contribution in [0.1, 0.15) is 12.6 Å². The van der Waals surface area contributed by atoms with Crippen molar-refractivity contribution in [3.05, 3.63) is 48.2 Å². The van der Waals surface area contributed by atoms with Crippen molar-refractivity contribution in [3.63, 3.8) is 0 Å². The van der Waals surface area contributed by atoms with Crippen LogP contribution in [0.25, 0.3) is 5.65 Å². The molecule has 6 nitrogen and oxygen atoms in total. The highest BCUT2D eigenvalue weighted by Crippen LogP contribution is 2.06. The lowest BCUT2D eigenvalue weighted by molar-refractivity contribution is 0.377. The first kappa shape index (κ1) is 12.4. The Bertz CT molecular complexity index is 523. The molecule has 18 heavy (non-hydrogen) atoms. The van der Waals surface area contributed by atoms with Crippen molar-refractivity contribution in [1.29, 1.82) is 0 Å². The van der Waals surface area contributed by atoms with E-state index in [1.54, 1.807) is 6.20 Å². The molecule has 96 valence electrons. The molecule has 0 saturated heterocycles. The van der Waals surface area contributed by atoms with E-state index in [-0.39, 0.29) is 6.04 Å². The van der Waals surface area contributed by atoms with Gasteiger partial charge in [0.2, 0.25) is 0 Å². The number of hydrogen-bond acceptors (Lipinski definition) is 5. The molecular formula is C12H18N6. The zero-order chi connectivity index (χ0) is 13.1. The highest BCUT2D eigenvalue weighted by molar-refractivity contribution is 5.39. The average molecular weight is 246 g/mol. The van der Waals surface area contributed by atoms with Crippen LogP contribution in [0.2, 0.25) is 0 Å². The number of hydrogen-bond donors (Lipinski definition) is 3. The van der Waals surface area contributed by atoms with Gasteiger partial charge >= 0.3 is 0 Å². The normalized spacial score (nSPS) is 13.8. The predicted molar refractivity (Wildman–Crippen MR) is 70.8 cm³/mol. The Hall–Kier alpha value is -2.05. The molecule has 2 aromatic rings. The molecule has 0 aliphatic heterocycles. The molecule has 2 heterocycles. The molecule has 0 amide bonds. The fourth-order valence-corrected chi connectivity index (χ4v) is 1.61. The number of rotatable bonds is 4. The van der Waals surface area contributed by atoms with Crippen LogP contribution in [0.3, 0.4) is 0 Å². The number of pyridine rings is 1. The molecule has 0 radical (unpaired) electrons.